The highest BCUT2D eigenvalue weighted by molar-refractivity contribution is 5.94. The number of aliphatic hydroxyl groups is 1. The first-order valence-electron chi connectivity index (χ1n) is 7.40. The van der Waals surface area contributed by atoms with Crippen molar-refractivity contribution in [1.29, 1.82) is 5.26 Å². The van der Waals surface area contributed by atoms with Crippen LogP contribution in [0.2, 0.25) is 0 Å². The first-order chi connectivity index (χ1) is 11.9. The van der Waals surface area contributed by atoms with E-state index in [4.69, 9.17) is 5.11 Å². The van der Waals surface area contributed by atoms with E-state index >= 15 is 0 Å². The second-order valence-corrected chi connectivity index (χ2v) is 5.27. The van der Waals surface area contributed by atoms with Crippen LogP contribution in [0.15, 0.2) is 39.3 Å². The number of carbonyl (C=O) groups is 1. The van der Waals surface area contributed by atoms with Gasteiger partial charge in [0, 0.05) is 11.1 Å². The number of pyridine rings is 1. The highest BCUT2D eigenvalue weighted by Crippen LogP contribution is 2.27. The minimum atomic E-state index is -0.672. The summed E-state index contributed by atoms with van der Waals surface area (Å²) in [7, 11) is 0. The number of rotatable bonds is 5. The van der Waals surface area contributed by atoms with Crippen LogP contribution in [0.25, 0.3) is 0 Å². The Hall–Kier alpha value is -3.31. The average molecular weight is 340 g/mol. The number of Topliss-reactive ketones (excluding diaryl/α,β-unsaturated/α-hetero) is 1. The van der Waals surface area contributed by atoms with Crippen LogP contribution >= 0.6 is 0 Å². The van der Waals surface area contributed by atoms with Crippen molar-refractivity contribution in [3.8, 4) is 11.9 Å². The number of azo groups is 1. The van der Waals surface area contributed by atoms with Gasteiger partial charge in [0.1, 0.15) is 11.6 Å². The van der Waals surface area contributed by atoms with E-state index < -0.39 is 18.0 Å². The predicted molar refractivity (Wildman–Crippen MR) is 89.5 cm³/mol. The highest BCUT2D eigenvalue weighted by atomic mass is 16.3. The monoisotopic (exact) mass is 340 g/mol. The van der Waals surface area contributed by atoms with E-state index in [0.29, 0.717) is 11.3 Å². The Kier molecular flexibility index (Phi) is 5.41. The maximum absolute atomic E-state index is 12.4. The van der Waals surface area contributed by atoms with E-state index in [0.717, 1.165) is 4.57 Å². The van der Waals surface area contributed by atoms with E-state index in [9.17, 15) is 20.0 Å². The summed E-state index contributed by atoms with van der Waals surface area (Å²) >= 11 is 0. The molecule has 8 heteroatoms. The summed E-state index contributed by atoms with van der Waals surface area (Å²) in [6, 6.07) is 8.23. The predicted octanol–water partition coefficient (Wildman–Crippen LogP) is 2.34. The zero-order valence-corrected chi connectivity index (χ0v) is 13.7. The molecule has 1 heterocycles. The molecule has 0 unspecified atom stereocenters. The van der Waals surface area contributed by atoms with E-state index in [1.54, 1.807) is 18.2 Å². The fourth-order valence-corrected chi connectivity index (χ4v) is 2.26. The van der Waals surface area contributed by atoms with Crippen molar-refractivity contribution in [2.24, 2.45) is 10.2 Å². The van der Waals surface area contributed by atoms with Crippen molar-refractivity contribution in [3.63, 3.8) is 0 Å². The molecule has 0 saturated carbocycles. The summed E-state index contributed by atoms with van der Waals surface area (Å²) in [5.41, 5.74) is 0.108. The molecular formula is C17H16N4O4. The number of aliphatic hydroxyl groups excluding tert-OH is 1. The molecule has 25 heavy (non-hydrogen) atoms. The molecule has 0 spiro atoms. The largest absolute Gasteiger partial charge is 0.493 e. The molecule has 0 saturated heterocycles. The van der Waals surface area contributed by atoms with Crippen LogP contribution in [0, 0.1) is 18.3 Å². The van der Waals surface area contributed by atoms with Gasteiger partial charge < -0.3 is 10.2 Å². The molecule has 0 amide bonds. The Morgan fingerprint density at radius 2 is 2.08 bits per heavy atom. The molecule has 0 bridgehead atoms. The van der Waals surface area contributed by atoms with Crippen molar-refractivity contribution in [3.05, 3.63) is 51.3 Å². The summed E-state index contributed by atoms with van der Waals surface area (Å²) in [6.45, 7) is 2.33. The lowest BCUT2D eigenvalue weighted by Gasteiger charge is -2.11. The van der Waals surface area contributed by atoms with Crippen LogP contribution in [0.4, 0.5) is 11.4 Å². The van der Waals surface area contributed by atoms with Gasteiger partial charge >= 0.3 is 0 Å². The van der Waals surface area contributed by atoms with Gasteiger partial charge in [0.2, 0.25) is 5.88 Å². The van der Waals surface area contributed by atoms with E-state index in [1.165, 1.54) is 19.9 Å². The Bertz CT molecular complexity index is 954. The van der Waals surface area contributed by atoms with Gasteiger partial charge in [-0.2, -0.15) is 10.4 Å². The molecule has 1 aromatic carbocycles. The molecule has 0 aliphatic rings. The molecule has 0 aliphatic heterocycles. The van der Waals surface area contributed by atoms with Gasteiger partial charge in [-0.05, 0) is 26.0 Å². The summed E-state index contributed by atoms with van der Waals surface area (Å²) in [6.07, 6.45) is 0. The molecule has 0 atom stereocenters. The van der Waals surface area contributed by atoms with Gasteiger partial charge in [-0.15, -0.1) is 5.11 Å². The van der Waals surface area contributed by atoms with Crippen LogP contribution in [0.3, 0.4) is 0 Å². The lowest BCUT2D eigenvalue weighted by atomic mass is 10.1. The van der Waals surface area contributed by atoms with Crippen LogP contribution in [0.1, 0.15) is 28.4 Å². The third-order valence-electron chi connectivity index (χ3n) is 3.61. The maximum atomic E-state index is 12.4. The second-order valence-electron chi connectivity index (χ2n) is 5.27. The van der Waals surface area contributed by atoms with Gasteiger partial charge in [-0.1, -0.05) is 12.1 Å². The first kappa shape index (κ1) is 18.0. The smallest absolute Gasteiger partial charge is 0.281 e. The minimum absolute atomic E-state index is 0.112. The number of hydrogen-bond acceptors (Lipinski definition) is 7. The van der Waals surface area contributed by atoms with Gasteiger partial charge in [-0.25, -0.2) is 0 Å². The lowest BCUT2D eigenvalue weighted by molar-refractivity contribution is 0.101. The SMILES string of the molecule is CC(=O)c1cccc(N=Nc2c(C)c(C#N)c(O)n(CCO)c2=O)c1. The number of aromatic hydroxyl groups is 1. The average Bonchev–Trinajstić information content (AvgIpc) is 2.59. The summed E-state index contributed by atoms with van der Waals surface area (Å²) in [5, 5.41) is 36.1. The molecule has 0 aliphatic carbocycles. The van der Waals surface area contributed by atoms with Crippen molar-refractivity contribution < 1.29 is 15.0 Å². The number of benzene rings is 1. The summed E-state index contributed by atoms with van der Waals surface area (Å²) in [5.74, 6) is -0.647. The van der Waals surface area contributed by atoms with E-state index in [2.05, 4.69) is 10.2 Å². The Morgan fingerprint density at radius 3 is 2.68 bits per heavy atom. The number of nitrogens with zero attached hydrogens (tertiary/aromatic N) is 4. The molecule has 0 radical (unpaired) electrons. The second kappa shape index (κ2) is 7.51. The number of ketones is 1. The quantitative estimate of drug-likeness (QED) is 0.637. The maximum Gasteiger partial charge on any atom is 0.281 e. The first-order valence-corrected chi connectivity index (χ1v) is 7.40. The Balaban J connectivity index is 2.58. The van der Waals surface area contributed by atoms with E-state index in [-0.39, 0.29) is 29.1 Å². The van der Waals surface area contributed by atoms with Crippen molar-refractivity contribution >= 4 is 17.2 Å². The molecule has 2 N–H and O–H groups in total. The molecule has 1 aromatic heterocycles. The topological polar surface area (TPSA) is 128 Å². The van der Waals surface area contributed by atoms with Crippen LogP contribution < -0.4 is 5.56 Å². The minimum Gasteiger partial charge on any atom is -0.493 e. The molecule has 2 aromatic rings. The molecule has 8 nitrogen and oxygen atoms in total. The lowest BCUT2D eigenvalue weighted by Crippen LogP contribution is -2.23. The zero-order valence-electron chi connectivity index (χ0n) is 13.7. The summed E-state index contributed by atoms with van der Waals surface area (Å²) < 4.78 is 0.867. The fourth-order valence-electron chi connectivity index (χ4n) is 2.26. The molecular weight excluding hydrogens is 324 g/mol. The number of aromatic nitrogens is 1. The van der Waals surface area contributed by atoms with Gasteiger partial charge in [0.25, 0.3) is 5.56 Å². The van der Waals surface area contributed by atoms with E-state index in [1.807, 2.05) is 6.07 Å². The van der Waals surface area contributed by atoms with Crippen LogP contribution in [-0.4, -0.2) is 27.2 Å². The van der Waals surface area contributed by atoms with Crippen LogP contribution in [0.5, 0.6) is 5.88 Å². The standard InChI is InChI=1S/C17H16N4O4/c1-10-14(9-18)16(24)21(6-7-22)17(25)15(10)20-19-13-5-3-4-12(8-13)11(2)23/h3-5,8,22,24H,6-7H2,1-2H3. The Morgan fingerprint density at radius 1 is 1.36 bits per heavy atom. The van der Waals surface area contributed by atoms with Crippen molar-refractivity contribution in [2.75, 3.05) is 6.61 Å². The summed E-state index contributed by atoms with van der Waals surface area (Å²) in [4.78, 5) is 23.8. The third kappa shape index (κ3) is 3.62. The van der Waals surface area contributed by atoms with Crippen LogP contribution in [-0.2, 0) is 6.54 Å². The third-order valence-corrected chi connectivity index (χ3v) is 3.61. The zero-order chi connectivity index (χ0) is 18.6. The van der Waals surface area contributed by atoms with Gasteiger partial charge in [0.05, 0.1) is 18.8 Å². The number of carbonyl (C=O) groups excluding carboxylic acids is 1. The molecule has 128 valence electrons. The van der Waals surface area contributed by atoms with Gasteiger partial charge in [0.15, 0.2) is 11.5 Å². The Labute approximate surface area is 143 Å². The molecule has 2 rings (SSSR count). The highest BCUT2D eigenvalue weighted by Gasteiger charge is 2.18. The van der Waals surface area contributed by atoms with Crippen molar-refractivity contribution in [1.82, 2.24) is 4.57 Å². The number of nitriles is 1. The number of hydrogen-bond donors (Lipinski definition) is 2. The fraction of sp³-hybridized carbons (Fsp3) is 0.235. The molecule has 0 fully saturated rings. The van der Waals surface area contributed by atoms with Gasteiger partial charge in [-0.3, -0.25) is 14.2 Å². The normalized spacial score (nSPS) is 10.8. The van der Waals surface area contributed by atoms with Crippen molar-refractivity contribution in [2.45, 2.75) is 20.4 Å².